The van der Waals surface area contributed by atoms with E-state index < -0.39 is 14.6 Å². The standard InChI is InChI=1S/C19H36O4S/c1-14(23-12-7-13-24(21,22)18(2,3)4)15-9-10-16-17(20)8-6-11-19(15,16)5/h14-17,20H,6-13H2,1-5H3. The first-order valence-corrected chi connectivity index (χ1v) is 11.2. The van der Waals surface area contributed by atoms with E-state index in [1.807, 2.05) is 0 Å². The van der Waals surface area contributed by atoms with Gasteiger partial charge >= 0.3 is 0 Å². The molecular formula is C19H36O4S. The van der Waals surface area contributed by atoms with Crippen LogP contribution in [-0.4, -0.2) is 42.8 Å². The number of aliphatic hydroxyl groups excluding tert-OH is 1. The van der Waals surface area contributed by atoms with Crippen molar-refractivity contribution in [3.8, 4) is 0 Å². The second-order valence-corrected chi connectivity index (χ2v) is 12.0. The summed E-state index contributed by atoms with van der Waals surface area (Å²) in [7, 11) is -3.07. The third-order valence-corrected chi connectivity index (χ3v) is 9.29. The predicted octanol–water partition coefficient (Wildman–Crippen LogP) is 3.57. The Bertz CT molecular complexity index is 522. The molecule has 0 aromatic carbocycles. The summed E-state index contributed by atoms with van der Waals surface area (Å²) in [6, 6.07) is 0. The molecule has 5 unspecified atom stereocenters. The van der Waals surface area contributed by atoms with Crippen molar-refractivity contribution in [1.82, 2.24) is 0 Å². The quantitative estimate of drug-likeness (QED) is 0.736. The van der Waals surface area contributed by atoms with Crippen LogP contribution in [0.3, 0.4) is 0 Å². The molecule has 0 radical (unpaired) electrons. The molecule has 5 atom stereocenters. The van der Waals surface area contributed by atoms with E-state index in [2.05, 4.69) is 13.8 Å². The first kappa shape index (κ1) is 20.2. The van der Waals surface area contributed by atoms with E-state index in [0.717, 1.165) is 25.7 Å². The van der Waals surface area contributed by atoms with Gasteiger partial charge in [0, 0.05) is 6.61 Å². The van der Waals surface area contributed by atoms with Crippen molar-refractivity contribution in [1.29, 1.82) is 0 Å². The Morgan fingerprint density at radius 1 is 1.25 bits per heavy atom. The number of aliphatic hydroxyl groups is 1. The van der Waals surface area contributed by atoms with Gasteiger partial charge in [0.05, 0.1) is 22.7 Å². The third-order valence-electron chi connectivity index (χ3n) is 6.60. The van der Waals surface area contributed by atoms with Gasteiger partial charge in [-0.3, -0.25) is 0 Å². The van der Waals surface area contributed by atoms with Crippen LogP contribution in [0.15, 0.2) is 0 Å². The molecule has 2 saturated carbocycles. The molecule has 2 fully saturated rings. The van der Waals surface area contributed by atoms with Crippen LogP contribution < -0.4 is 0 Å². The predicted molar refractivity (Wildman–Crippen MR) is 97.7 cm³/mol. The molecule has 24 heavy (non-hydrogen) atoms. The van der Waals surface area contributed by atoms with Gasteiger partial charge in [-0.05, 0) is 77.0 Å². The van der Waals surface area contributed by atoms with E-state index in [1.165, 1.54) is 6.42 Å². The van der Waals surface area contributed by atoms with Gasteiger partial charge in [0.25, 0.3) is 0 Å². The summed E-state index contributed by atoms with van der Waals surface area (Å²) >= 11 is 0. The topological polar surface area (TPSA) is 63.6 Å². The second kappa shape index (κ2) is 7.24. The van der Waals surface area contributed by atoms with Gasteiger partial charge in [-0.25, -0.2) is 8.42 Å². The molecule has 0 saturated heterocycles. The third kappa shape index (κ3) is 3.99. The lowest BCUT2D eigenvalue weighted by Crippen LogP contribution is -2.43. The summed E-state index contributed by atoms with van der Waals surface area (Å²) in [6.07, 6.45) is 5.94. The SMILES string of the molecule is CC(OCCCS(=O)(=O)C(C)(C)C)C1CCC2C(O)CCCC21C. The lowest BCUT2D eigenvalue weighted by atomic mass is 9.63. The molecule has 142 valence electrons. The fraction of sp³-hybridized carbons (Fsp3) is 1.00. The fourth-order valence-corrected chi connectivity index (χ4v) is 6.01. The molecule has 4 nitrogen and oxygen atoms in total. The van der Waals surface area contributed by atoms with E-state index in [4.69, 9.17) is 4.74 Å². The molecule has 2 aliphatic carbocycles. The Kier molecular flexibility index (Phi) is 6.09. The molecule has 1 N–H and O–H groups in total. The molecule has 0 amide bonds. The van der Waals surface area contributed by atoms with Gasteiger partial charge < -0.3 is 9.84 Å². The van der Waals surface area contributed by atoms with E-state index in [1.54, 1.807) is 20.8 Å². The summed E-state index contributed by atoms with van der Waals surface area (Å²) in [5.74, 6) is 1.06. The maximum absolute atomic E-state index is 12.1. The van der Waals surface area contributed by atoms with Crippen molar-refractivity contribution in [2.45, 2.75) is 90.1 Å². The maximum Gasteiger partial charge on any atom is 0.155 e. The van der Waals surface area contributed by atoms with Crippen LogP contribution in [0, 0.1) is 17.3 Å². The molecule has 0 heterocycles. The van der Waals surface area contributed by atoms with Crippen molar-refractivity contribution in [3.05, 3.63) is 0 Å². The zero-order valence-electron chi connectivity index (χ0n) is 16.0. The number of hydrogen-bond donors (Lipinski definition) is 1. The van der Waals surface area contributed by atoms with Crippen LogP contribution in [0.25, 0.3) is 0 Å². The van der Waals surface area contributed by atoms with E-state index >= 15 is 0 Å². The van der Waals surface area contributed by atoms with Gasteiger partial charge in [-0.2, -0.15) is 0 Å². The van der Waals surface area contributed by atoms with Gasteiger partial charge in [-0.1, -0.05) is 13.3 Å². The summed E-state index contributed by atoms with van der Waals surface area (Å²) in [5.41, 5.74) is 0.175. The lowest BCUT2D eigenvalue weighted by Gasteiger charge is -2.45. The fourth-order valence-electron chi connectivity index (χ4n) is 4.90. The Labute approximate surface area is 148 Å². The van der Waals surface area contributed by atoms with E-state index in [0.29, 0.717) is 24.9 Å². The minimum Gasteiger partial charge on any atom is -0.393 e. The average molecular weight is 361 g/mol. The largest absolute Gasteiger partial charge is 0.393 e. The Hall–Kier alpha value is -0.130. The Balaban J connectivity index is 1.84. The van der Waals surface area contributed by atoms with Crippen LogP contribution >= 0.6 is 0 Å². The molecule has 0 aromatic rings. The smallest absolute Gasteiger partial charge is 0.155 e. The van der Waals surface area contributed by atoms with Gasteiger partial charge in [-0.15, -0.1) is 0 Å². The van der Waals surface area contributed by atoms with Crippen LogP contribution in [0.1, 0.15) is 73.1 Å². The van der Waals surface area contributed by atoms with Gasteiger partial charge in [0.15, 0.2) is 9.84 Å². The minimum absolute atomic E-state index is 0.127. The molecular weight excluding hydrogens is 324 g/mol. The first-order valence-electron chi connectivity index (χ1n) is 9.51. The van der Waals surface area contributed by atoms with Crippen LogP contribution in [0.2, 0.25) is 0 Å². The van der Waals surface area contributed by atoms with E-state index in [9.17, 15) is 13.5 Å². The lowest BCUT2D eigenvalue weighted by molar-refractivity contribution is -0.0640. The molecule has 0 aromatic heterocycles. The number of sulfone groups is 1. The zero-order chi connectivity index (χ0) is 18.2. The van der Waals surface area contributed by atoms with Gasteiger partial charge in [0.2, 0.25) is 0 Å². The monoisotopic (exact) mass is 360 g/mol. The number of rotatable bonds is 6. The summed E-state index contributed by atoms with van der Waals surface area (Å²) < 4.78 is 29.6. The van der Waals surface area contributed by atoms with Crippen molar-refractivity contribution in [3.63, 3.8) is 0 Å². The minimum atomic E-state index is -3.07. The summed E-state index contributed by atoms with van der Waals surface area (Å²) in [5, 5.41) is 10.3. The highest BCUT2D eigenvalue weighted by Gasteiger charge is 2.52. The second-order valence-electron chi connectivity index (χ2n) is 9.12. The van der Waals surface area contributed by atoms with Crippen molar-refractivity contribution in [2.75, 3.05) is 12.4 Å². The average Bonchev–Trinajstić information content (AvgIpc) is 2.81. The van der Waals surface area contributed by atoms with Gasteiger partial charge in [0.1, 0.15) is 0 Å². The molecule has 0 spiro atoms. The zero-order valence-corrected chi connectivity index (χ0v) is 16.9. The van der Waals surface area contributed by atoms with Crippen LogP contribution in [-0.2, 0) is 14.6 Å². The molecule has 0 bridgehead atoms. The Morgan fingerprint density at radius 2 is 1.92 bits per heavy atom. The summed E-state index contributed by atoms with van der Waals surface area (Å²) in [6.45, 7) is 10.2. The van der Waals surface area contributed by atoms with Crippen LogP contribution in [0.4, 0.5) is 0 Å². The maximum atomic E-state index is 12.1. The molecule has 0 aliphatic heterocycles. The van der Waals surface area contributed by atoms with Crippen molar-refractivity contribution in [2.24, 2.45) is 17.3 Å². The number of fused-ring (bicyclic) bond motifs is 1. The highest BCUT2D eigenvalue weighted by molar-refractivity contribution is 7.92. The number of hydrogen-bond acceptors (Lipinski definition) is 4. The molecule has 2 rings (SSSR count). The van der Waals surface area contributed by atoms with Crippen LogP contribution in [0.5, 0.6) is 0 Å². The van der Waals surface area contributed by atoms with Crippen molar-refractivity contribution < 1.29 is 18.3 Å². The normalized spacial score (nSPS) is 35.7. The van der Waals surface area contributed by atoms with Crippen molar-refractivity contribution >= 4 is 9.84 Å². The molecule has 2 aliphatic rings. The highest BCUT2D eigenvalue weighted by atomic mass is 32.2. The highest BCUT2D eigenvalue weighted by Crippen LogP contribution is 2.56. The summed E-state index contributed by atoms with van der Waals surface area (Å²) in [4.78, 5) is 0. The first-order chi connectivity index (χ1) is 11.0. The number of ether oxygens (including phenoxy) is 1. The van der Waals surface area contributed by atoms with E-state index in [-0.39, 0.29) is 23.4 Å². The molecule has 5 heteroatoms. The Morgan fingerprint density at radius 3 is 2.54 bits per heavy atom.